The summed E-state index contributed by atoms with van der Waals surface area (Å²) < 4.78 is 13.2. The second-order valence-corrected chi connectivity index (χ2v) is 9.31. The van der Waals surface area contributed by atoms with Crippen LogP contribution in [0.15, 0.2) is 107 Å². The predicted molar refractivity (Wildman–Crippen MR) is 139 cm³/mol. The standard InChI is InChI=1S/C28H21ClN2O3S/c1-19-27(35-25-15-12-22(29)13-16-25)28(31(30-19)23-9-3-2-4-10-23)34-26(32)18-33-24-14-11-20-7-5-6-8-21(20)17-24/h2-17H,18H2,1H3. The molecule has 4 aromatic carbocycles. The summed E-state index contributed by atoms with van der Waals surface area (Å²) in [7, 11) is 0. The van der Waals surface area contributed by atoms with Crippen LogP contribution >= 0.6 is 23.4 Å². The van der Waals surface area contributed by atoms with E-state index in [0.717, 1.165) is 31.9 Å². The smallest absolute Gasteiger partial charge is 0.350 e. The first kappa shape index (κ1) is 23.0. The summed E-state index contributed by atoms with van der Waals surface area (Å²) in [6, 6.07) is 30.7. The Kier molecular flexibility index (Phi) is 6.75. The highest BCUT2D eigenvalue weighted by molar-refractivity contribution is 7.99. The highest BCUT2D eigenvalue weighted by atomic mass is 35.5. The lowest BCUT2D eigenvalue weighted by Crippen LogP contribution is -2.19. The molecule has 35 heavy (non-hydrogen) atoms. The lowest BCUT2D eigenvalue weighted by Gasteiger charge is -2.11. The van der Waals surface area contributed by atoms with Gasteiger partial charge in [0.2, 0.25) is 5.88 Å². The number of aromatic nitrogens is 2. The molecule has 0 bridgehead atoms. The first-order valence-electron chi connectivity index (χ1n) is 11.0. The zero-order valence-electron chi connectivity index (χ0n) is 18.9. The monoisotopic (exact) mass is 500 g/mol. The van der Waals surface area contributed by atoms with Crippen LogP contribution in [0.1, 0.15) is 5.69 Å². The van der Waals surface area contributed by atoms with Crippen LogP contribution in [0.5, 0.6) is 11.6 Å². The number of hydrogen-bond donors (Lipinski definition) is 0. The molecule has 0 aliphatic rings. The Balaban J connectivity index is 1.40. The van der Waals surface area contributed by atoms with Crippen LogP contribution in [0.4, 0.5) is 0 Å². The van der Waals surface area contributed by atoms with E-state index >= 15 is 0 Å². The number of hydrogen-bond acceptors (Lipinski definition) is 5. The fraction of sp³-hybridized carbons (Fsp3) is 0.0714. The number of carbonyl (C=O) groups is 1. The molecule has 5 rings (SSSR count). The Morgan fingerprint density at radius 3 is 2.40 bits per heavy atom. The first-order valence-corrected chi connectivity index (χ1v) is 12.2. The predicted octanol–water partition coefficient (Wildman–Crippen LogP) is 7.12. The SMILES string of the molecule is Cc1nn(-c2ccccc2)c(OC(=O)COc2ccc3ccccc3c2)c1Sc1ccc(Cl)cc1. The van der Waals surface area contributed by atoms with Gasteiger partial charge in [-0.1, -0.05) is 71.9 Å². The third-order valence-corrected chi connectivity index (χ3v) is 6.72. The quantitative estimate of drug-likeness (QED) is 0.223. The Hall–Kier alpha value is -3.74. The van der Waals surface area contributed by atoms with Crippen LogP contribution in [0.3, 0.4) is 0 Å². The third kappa shape index (κ3) is 5.34. The van der Waals surface area contributed by atoms with E-state index in [1.165, 1.54) is 11.8 Å². The van der Waals surface area contributed by atoms with Crippen molar-refractivity contribution in [3.63, 3.8) is 0 Å². The van der Waals surface area contributed by atoms with Gasteiger partial charge >= 0.3 is 5.97 Å². The van der Waals surface area contributed by atoms with E-state index < -0.39 is 5.97 Å². The molecule has 0 saturated carbocycles. The highest BCUT2D eigenvalue weighted by Crippen LogP contribution is 2.39. The van der Waals surface area contributed by atoms with Crippen molar-refractivity contribution in [1.29, 1.82) is 0 Å². The minimum Gasteiger partial charge on any atom is -0.482 e. The van der Waals surface area contributed by atoms with E-state index in [2.05, 4.69) is 5.10 Å². The second kappa shape index (κ2) is 10.3. The highest BCUT2D eigenvalue weighted by Gasteiger charge is 2.22. The van der Waals surface area contributed by atoms with E-state index in [4.69, 9.17) is 21.1 Å². The van der Waals surface area contributed by atoms with Crippen molar-refractivity contribution >= 4 is 40.1 Å². The topological polar surface area (TPSA) is 53.4 Å². The van der Waals surface area contributed by atoms with Crippen molar-refractivity contribution in [2.45, 2.75) is 16.7 Å². The fourth-order valence-corrected chi connectivity index (χ4v) is 4.64. The Bertz CT molecular complexity index is 1480. The van der Waals surface area contributed by atoms with Crippen molar-refractivity contribution in [2.75, 3.05) is 6.61 Å². The van der Waals surface area contributed by atoms with Crippen molar-refractivity contribution in [3.05, 3.63) is 108 Å². The molecule has 5 nitrogen and oxygen atoms in total. The molecule has 0 aliphatic heterocycles. The molecule has 0 unspecified atom stereocenters. The Morgan fingerprint density at radius 1 is 0.914 bits per heavy atom. The van der Waals surface area contributed by atoms with Crippen molar-refractivity contribution < 1.29 is 14.3 Å². The number of nitrogens with zero attached hydrogens (tertiary/aromatic N) is 2. The number of halogens is 1. The number of benzene rings is 4. The van der Waals surface area contributed by atoms with Gasteiger partial charge < -0.3 is 9.47 Å². The maximum atomic E-state index is 12.9. The van der Waals surface area contributed by atoms with Gasteiger partial charge in [0.25, 0.3) is 0 Å². The van der Waals surface area contributed by atoms with Gasteiger partial charge in [-0.05, 0) is 66.2 Å². The number of carbonyl (C=O) groups excluding carboxylic acids is 1. The van der Waals surface area contributed by atoms with E-state index in [1.807, 2.05) is 104 Å². The van der Waals surface area contributed by atoms with Crippen LogP contribution < -0.4 is 9.47 Å². The summed E-state index contributed by atoms with van der Waals surface area (Å²) in [4.78, 5) is 14.6. The molecule has 7 heteroatoms. The second-order valence-electron chi connectivity index (χ2n) is 7.79. The number of ether oxygens (including phenoxy) is 2. The Labute approximate surface area is 212 Å². The molecule has 0 amide bonds. The molecule has 0 atom stereocenters. The summed E-state index contributed by atoms with van der Waals surface area (Å²) >= 11 is 7.50. The molecule has 0 saturated heterocycles. The van der Waals surface area contributed by atoms with Gasteiger partial charge in [0.1, 0.15) is 5.75 Å². The minimum atomic E-state index is -0.520. The molecule has 0 fully saturated rings. The fourth-order valence-electron chi connectivity index (χ4n) is 3.60. The van der Waals surface area contributed by atoms with Gasteiger partial charge in [0, 0.05) is 9.92 Å². The maximum Gasteiger partial charge on any atom is 0.350 e. The molecule has 174 valence electrons. The molecule has 0 spiro atoms. The molecular weight excluding hydrogens is 480 g/mol. The number of aryl methyl sites for hydroxylation is 1. The van der Waals surface area contributed by atoms with Gasteiger partial charge in [-0.15, -0.1) is 0 Å². The Morgan fingerprint density at radius 2 is 1.63 bits per heavy atom. The van der Waals surface area contributed by atoms with Crippen molar-refractivity contribution in [3.8, 4) is 17.3 Å². The summed E-state index contributed by atoms with van der Waals surface area (Å²) in [5.74, 6) is 0.429. The average molecular weight is 501 g/mol. The number of para-hydroxylation sites is 1. The van der Waals surface area contributed by atoms with E-state index in [1.54, 1.807) is 4.68 Å². The molecule has 0 radical (unpaired) electrons. The number of fused-ring (bicyclic) bond motifs is 1. The van der Waals surface area contributed by atoms with Crippen molar-refractivity contribution in [1.82, 2.24) is 9.78 Å². The van der Waals surface area contributed by atoms with Crippen LogP contribution in [0.25, 0.3) is 16.5 Å². The molecule has 0 aliphatic carbocycles. The lowest BCUT2D eigenvalue weighted by atomic mass is 10.1. The number of esters is 1. The van der Waals surface area contributed by atoms with E-state index in [0.29, 0.717) is 16.7 Å². The molecule has 0 N–H and O–H groups in total. The third-order valence-electron chi connectivity index (χ3n) is 5.29. The summed E-state index contributed by atoms with van der Waals surface area (Å²) in [5, 5.41) is 7.45. The van der Waals surface area contributed by atoms with Crippen LogP contribution in [0, 0.1) is 6.92 Å². The summed E-state index contributed by atoms with van der Waals surface area (Å²) in [6.45, 7) is 1.66. The zero-order valence-corrected chi connectivity index (χ0v) is 20.4. The van der Waals surface area contributed by atoms with Gasteiger partial charge in [0.05, 0.1) is 16.3 Å². The largest absolute Gasteiger partial charge is 0.482 e. The van der Waals surface area contributed by atoms with Crippen LogP contribution in [-0.2, 0) is 4.79 Å². The normalized spacial score (nSPS) is 10.9. The van der Waals surface area contributed by atoms with Gasteiger partial charge in [-0.25, -0.2) is 4.79 Å². The molecule has 5 aromatic rings. The van der Waals surface area contributed by atoms with Crippen LogP contribution in [-0.4, -0.2) is 22.4 Å². The minimum absolute atomic E-state index is 0.234. The van der Waals surface area contributed by atoms with E-state index in [-0.39, 0.29) is 6.61 Å². The summed E-state index contributed by atoms with van der Waals surface area (Å²) in [6.07, 6.45) is 0. The maximum absolute atomic E-state index is 12.9. The lowest BCUT2D eigenvalue weighted by molar-refractivity contribution is -0.137. The van der Waals surface area contributed by atoms with E-state index in [9.17, 15) is 4.79 Å². The average Bonchev–Trinajstić information content (AvgIpc) is 3.19. The van der Waals surface area contributed by atoms with Gasteiger partial charge in [-0.2, -0.15) is 9.78 Å². The van der Waals surface area contributed by atoms with Gasteiger partial charge in [-0.3, -0.25) is 0 Å². The summed E-state index contributed by atoms with van der Waals surface area (Å²) in [5.41, 5.74) is 1.53. The zero-order chi connectivity index (χ0) is 24.2. The van der Waals surface area contributed by atoms with Crippen LogP contribution in [0.2, 0.25) is 5.02 Å². The molecule has 1 aromatic heterocycles. The van der Waals surface area contributed by atoms with Gasteiger partial charge in [0.15, 0.2) is 6.61 Å². The first-order chi connectivity index (χ1) is 17.1. The van der Waals surface area contributed by atoms with Crippen molar-refractivity contribution in [2.24, 2.45) is 0 Å². The number of rotatable bonds is 7. The molecular formula is C28H21ClN2O3S. The molecule has 1 heterocycles.